The molecule has 1 aromatic carbocycles. The Kier molecular flexibility index (Phi) is 7.86. The quantitative estimate of drug-likeness (QED) is 0.757. The van der Waals surface area contributed by atoms with Gasteiger partial charge in [0, 0.05) is 23.7 Å². The van der Waals surface area contributed by atoms with Gasteiger partial charge >= 0.3 is 6.09 Å². The normalized spacial score (nSPS) is 14.2. The Morgan fingerprint density at radius 2 is 1.87 bits per heavy atom. The van der Waals surface area contributed by atoms with Crippen molar-refractivity contribution >= 4 is 17.7 Å². The highest BCUT2D eigenvalue weighted by Crippen LogP contribution is 2.21. The van der Waals surface area contributed by atoms with Crippen molar-refractivity contribution in [3.05, 3.63) is 34.9 Å². The fourth-order valence-corrected chi connectivity index (χ4v) is 2.41. The number of nitrogens with one attached hydrogen (secondary N) is 2. The Morgan fingerprint density at radius 1 is 1.26 bits per heavy atom. The zero-order chi connectivity index (χ0) is 17.5. The molecule has 23 heavy (non-hydrogen) atoms. The molecule has 0 fully saturated rings. The van der Waals surface area contributed by atoms with Crippen molar-refractivity contribution in [2.24, 2.45) is 0 Å². The minimum atomic E-state index is -0.477. The summed E-state index contributed by atoms with van der Waals surface area (Å²) in [6.07, 6.45) is 1.72. The van der Waals surface area contributed by atoms with Crippen LogP contribution >= 0.6 is 11.6 Å². The van der Waals surface area contributed by atoms with Crippen LogP contribution in [0.25, 0.3) is 0 Å². The van der Waals surface area contributed by atoms with Gasteiger partial charge in [0.15, 0.2) is 0 Å². The maximum atomic E-state index is 11.7. The number of ether oxygens (including phenoxy) is 1. The fraction of sp³-hybridized carbons (Fsp3) is 0.611. The van der Waals surface area contributed by atoms with Crippen molar-refractivity contribution in [3.8, 4) is 0 Å². The molecule has 5 heteroatoms. The summed E-state index contributed by atoms with van der Waals surface area (Å²) >= 11 is 5.95. The lowest BCUT2D eigenvalue weighted by atomic mass is 10.0. The Hall–Kier alpha value is -1.26. The number of alkyl carbamates (subject to hydrolysis) is 1. The van der Waals surface area contributed by atoms with E-state index in [1.54, 1.807) is 0 Å². The minimum Gasteiger partial charge on any atom is -0.444 e. The third-order valence-electron chi connectivity index (χ3n) is 3.29. The van der Waals surface area contributed by atoms with Gasteiger partial charge in [-0.2, -0.15) is 0 Å². The second-order valence-electron chi connectivity index (χ2n) is 6.84. The third-order valence-corrected chi connectivity index (χ3v) is 3.54. The fourth-order valence-electron chi connectivity index (χ4n) is 2.28. The van der Waals surface area contributed by atoms with Gasteiger partial charge in [-0.15, -0.1) is 0 Å². The molecule has 1 rings (SSSR count). The predicted octanol–water partition coefficient (Wildman–Crippen LogP) is 4.68. The molecule has 0 heterocycles. The van der Waals surface area contributed by atoms with E-state index in [2.05, 4.69) is 24.5 Å². The highest BCUT2D eigenvalue weighted by molar-refractivity contribution is 6.30. The van der Waals surface area contributed by atoms with Crippen LogP contribution in [0.4, 0.5) is 4.79 Å². The molecular weight excluding hydrogens is 312 g/mol. The summed E-state index contributed by atoms with van der Waals surface area (Å²) in [6.45, 7) is 10.3. The number of amides is 1. The summed E-state index contributed by atoms with van der Waals surface area (Å²) in [5, 5.41) is 7.10. The Balaban J connectivity index is 2.52. The van der Waals surface area contributed by atoms with Crippen LogP contribution in [0.15, 0.2) is 24.3 Å². The molecule has 0 bridgehead atoms. The van der Waals surface area contributed by atoms with Crippen LogP contribution in [0.3, 0.4) is 0 Å². The van der Waals surface area contributed by atoms with Gasteiger partial charge < -0.3 is 15.4 Å². The van der Waals surface area contributed by atoms with E-state index in [9.17, 15) is 4.79 Å². The SMILES string of the molecule is CCCC(NC(C)CNC(=O)OC(C)(C)C)c1ccc(Cl)cc1. The van der Waals surface area contributed by atoms with Gasteiger partial charge in [0.25, 0.3) is 0 Å². The van der Waals surface area contributed by atoms with Crippen molar-refractivity contribution in [2.45, 2.75) is 65.1 Å². The van der Waals surface area contributed by atoms with E-state index in [4.69, 9.17) is 16.3 Å². The number of carbonyl (C=O) groups excluding carboxylic acids is 1. The Morgan fingerprint density at radius 3 is 2.39 bits per heavy atom. The molecule has 2 atom stereocenters. The van der Waals surface area contributed by atoms with Gasteiger partial charge in [-0.05, 0) is 51.8 Å². The van der Waals surface area contributed by atoms with Crippen LogP contribution < -0.4 is 10.6 Å². The summed E-state index contributed by atoms with van der Waals surface area (Å²) < 4.78 is 5.25. The zero-order valence-electron chi connectivity index (χ0n) is 14.8. The molecule has 0 aliphatic carbocycles. The van der Waals surface area contributed by atoms with Gasteiger partial charge in [0.1, 0.15) is 5.60 Å². The molecule has 4 nitrogen and oxygen atoms in total. The summed E-state index contributed by atoms with van der Waals surface area (Å²) in [5.41, 5.74) is 0.731. The second-order valence-corrected chi connectivity index (χ2v) is 7.28. The zero-order valence-corrected chi connectivity index (χ0v) is 15.5. The third kappa shape index (κ3) is 8.24. The van der Waals surface area contributed by atoms with Crippen molar-refractivity contribution < 1.29 is 9.53 Å². The molecule has 2 unspecified atom stereocenters. The molecule has 0 spiro atoms. The molecular formula is C18H29ClN2O2. The lowest BCUT2D eigenvalue weighted by Gasteiger charge is -2.25. The Labute approximate surface area is 144 Å². The van der Waals surface area contributed by atoms with Crippen molar-refractivity contribution in [1.29, 1.82) is 0 Å². The van der Waals surface area contributed by atoms with E-state index < -0.39 is 5.60 Å². The summed E-state index contributed by atoms with van der Waals surface area (Å²) in [5.74, 6) is 0. The van der Waals surface area contributed by atoms with Crippen molar-refractivity contribution in [3.63, 3.8) is 0 Å². The lowest BCUT2D eigenvalue weighted by Crippen LogP contribution is -2.42. The lowest BCUT2D eigenvalue weighted by molar-refractivity contribution is 0.0522. The van der Waals surface area contributed by atoms with Gasteiger partial charge in [-0.1, -0.05) is 37.1 Å². The van der Waals surface area contributed by atoms with Gasteiger partial charge in [0.05, 0.1) is 0 Å². The van der Waals surface area contributed by atoms with E-state index >= 15 is 0 Å². The van der Waals surface area contributed by atoms with Crippen LogP contribution in [-0.2, 0) is 4.74 Å². The van der Waals surface area contributed by atoms with E-state index in [0.717, 1.165) is 17.9 Å². The number of carbonyl (C=O) groups is 1. The maximum absolute atomic E-state index is 11.7. The first kappa shape index (κ1) is 19.8. The summed E-state index contributed by atoms with van der Waals surface area (Å²) in [6, 6.07) is 8.28. The molecule has 1 amide bonds. The van der Waals surface area contributed by atoms with Crippen molar-refractivity contribution in [1.82, 2.24) is 10.6 Å². The summed E-state index contributed by atoms with van der Waals surface area (Å²) in [7, 11) is 0. The first-order chi connectivity index (χ1) is 10.7. The standard InChI is InChI=1S/C18H29ClN2O2/c1-6-7-16(14-8-10-15(19)11-9-14)21-13(2)12-20-17(22)23-18(3,4)5/h8-11,13,16,21H,6-7,12H2,1-5H3,(H,20,22). The van der Waals surface area contributed by atoms with E-state index in [-0.39, 0.29) is 18.2 Å². The largest absolute Gasteiger partial charge is 0.444 e. The number of benzene rings is 1. The minimum absolute atomic E-state index is 0.134. The Bertz CT molecular complexity index is 483. The van der Waals surface area contributed by atoms with Gasteiger partial charge in [-0.25, -0.2) is 4.79 Å². The highest BCUT2D eigenvalue weighted by atomic mass is 35.5. The van der Waals surface area contributed by atoms with Gasteiger partial charge in [-0.3, -0.25) is 0 Å². The van der Waals surface area contributed by atoms with Crippen LogP contribution in [0.1, 0.15) is 59.1 Å². The van der Waals surface area contributed by atoms with E-state index in [1.807, 2.05) is 45.0 Å². The second kappa shape index (κ2) is 9.14. The number of halogens is 1. The number of rotatable bonds is 7. The molecule has 0 aliphatic rings. The van der Waals surface area contributed by atoms with Crippen molar-refractivity contribution in [2.75, 3.05) is 6.54 Å². The van der Waals surface area contributed by atoms with Crippen LogP contribution in [0.2, 0.25) is 5.02 Å². The average molecular weight is 341 g/mol. The van der Waals surface area contributed by atoms with Crippen LogP contribution in [0.5, 0.6) is 0 Å². The first-order valence-electron chi connectivity index (χ1n) is 8.19. The maximum Gasteiger partial charge on any atom is 0.407 e. The summed E-state index contributed by atoms with van der Waals surface area (Å²) in [4.78, 5) is 11.7. The molecule has 0 aromatic heterocycles. The number of hydrogen-bond acceptors (Lipinski definition) is 3. The van der Waals surface area contributed by atoms with Crippen LogP contribution in [0, 0.1) is 0 Å². The monoisotopic (exact) mass is 340 g/mol. The predicted molar refractivity (Wildman–Crippen MR) is 95.9 cm³/mol. The smallest absolute Gasteiger partial charge is 0.407 e. The highest BCUT2D eigenvalue weighted by Gasteiger charge is 2.18. The molecule has 0 saturated heterocycles. The number of hydrogen-bond donors (Lipinski definition) is 2. The van der Waals surface area contributed by atoms with Gasteiger partial charge in [0.2, 0.25) is 0 Å². The molecule has 0 radical (unpaired) electrons. The average Bonchev–Trinajstić information content (AvgIpc) is 2.44. The molecule has 0 saturated carbocycles. The van der Waals surface area contributed by atoms with Crippen LogP contribution in [-0.4, -0.2) is 24.3 Å². The molecule has 130 valence electrons. The molecule has 1 aromatic rings. The molecule has 0 aliphatic heterocycles. The first-order valence-corrected chi connectivity index (χ1v) is 8.57. The van der Waals surface area contributed by atoms with E-state index in [1.165, 1.54) is 5.56 Å². The molecule has 2 N–H and O–H groups in total. The van der Waals surface area contributed by atoms with E-state index in [0.29, 0.717) is 6.54 Å². The topological polar surface area (TPSA) is 50.4 Å².